The SMILES string of the molecule is CC(=O)NS(=O)(=O)CCN1c2ccc(Br)cc2C2(CCCCC2)c2cc(Br)ccc21. The van der Waals surface area contributed by atoms with Gasteiger partial charge in [0, 0.05) is 39.2 Å². The Kier molecular flexibility index (Phi) is 6.03. The molecule has 0 saturated heterocycles. The van der Waals surface area contributed by atoms with Gasteiger partial charge in [-0.1, -0.05) is 51.1 Å². The van der Waals surface area contributed by atoms with Crippen molar-refractivity contribution in [2.75, 3.05) is 17.2 Å². The molecule has 0 atom stereocenters. The van der Waals surface area contributed by atoms with E-state index in [4.69, 9.17) is 0 Å². The zero-order chi connectivity index (χ0) is 21.5. The van der Waals surface area contributed by atoms with Gasteiger partial charge in [-0.2, -0.15) is 0 Å². The summed E-state index contributed by atoms with van der Waals surface area (Å²) in [6.07, 6.45) is 5.76. The first-order valence-electron chi connectivity index (χ1n) is 10.1. The third kappa shape index (κ3) is 4.06. The molecule has 2 aromatic rings. The topological polar surface area (TPSA) is 66.5 Å². The van der Waals surface area contributed by atoms with Crippen molar-refractivity contribution >= 4 is 59.2 Å². The summed E-state index contributed by atoms with van der Waals surface area (Å²) in [5, 5.41) is 0. The fraction of sp³-hybridized carbons (Fsp3) is 0.409. The van der Waals surface area contributed by atoms with Gasteiger partial charge in [0.2, 0.25) is 15.9 Å². The molecule has 0 unspecified atom stereocenters. The quantitative estimate of drug-likeness (QED) is 0.550. The maximum Gasteiger partial charge on any atom is 0.236 e. The third-order valence-corrected chi connectivity index (χ3v) is 8.42. The number of nitrogens with zero attached hydrogens (tertiary/aromatic N) is 1. The van der Waals surface area contributed by atoms with E-state index in [1.807, 2.05) is 12.1 Å². The van der Waals surface area contributed by atoms with Gasteiger partial charge in [0.25, 0.3) is 0 Å². The van der Waals surface area contributed by atoms with Crippen LogP contribution in [0.1, 0.15) is 50.2 Å². The Hall–Kier alpha value is -1.38. The van der Waals surface area contributed by atoms with Crippen molar-refractivity contribution in [2.45, 2.75) is 44.4 Å². The van der Waals surface area contributed by atoms with Crippen molar-refractivity contribution < 1.29 is 13.2 Å². The summed E-state index contributed by atoms with van der Waals surface area (Å²) in [7, 11) is -3.69. The van der Waals surface area contributed by atoms with Gasteiger partial charge in [0.1, 0.15) is 0 Å². The monoisotopic (exact) mass is 554 g/mol. The van der Waals surface area contributed by atoms with Crippen LogP contribution >= 0.6 is 31.9 Å². The molecular weight excluding hydrogens is 532 g/mol. The van der Waals surface area contributed by atoms with Crippen molar-refractivity contribution in [1.82, 2.24) is 4.72 Å². The van der Waals surface area contributed by atoms with Crippen LogP contribution in [0.3, 0.4) is 0 Å². The summed E-state index contributed by atoms with van der Waals surface area (Å²) >= 11 is 7.28. The molecule has 0 bridgehead atoms. The summed E-state index contributed by atoms with van der Waals surface area (Å²) in [6.45, 7) is 1.48. The van der Waals surface area contributed by atoms with Crippen LogP contribution in [-0.4, -0.2) is 26.6 Å². The molecular formula is C22H24Br2N2O3S. The molecule has 0 aromatic heterocycles. The zero-order valence-electron chi connectivity index (χ0n) is 16.7. The molecule has 1 aliphatic heterocycles. The fourth-order valence-corrected chi connectivity index (χ4v) is 6.63. The number of fused-ring (bicyclic) bond motifs is 4. The second-order valence-electron chi connectivity index (χ2n) is 8.09. The Morgan fingerprint density at radius 2 is 1.53 bits per heavy atom. The summed E-state index contributed by atoms with van der Waals surface area (Å²) in [6, 6.07) is 12.6. The lowest BCUT2D eigenvalue weighted by molar-refractivity contribution is -0.117. The molecule has 1 N–H and O–H groups in total. The minimum Gasteiger partial charge on any atom is -0.340 e. The van der Waals surface area contributed by atoms with E-state index < -0.39 is 15.9 Å². The second kappa shape index (κ2) is 8.28. The summed E-state index contributed by atoms with van der Waals surface area (Å²) in [4.78, 5) is 13.4. The Bertz CT molecular complexity index is 1040. The predicted octanol–water partition coefficient (Wildman–Crippen LogP) is 5.38. The van der Waals surface area contributed by atoms with Gasteiger partial charge in [-0.15, -0.1) is 0 Å². The maximum atomic E-state index is 12.3. The lowest BCUT2D eigenvalue weighted by Crippen LogP contribution is -2.41. The number of hydrogen-bond donors (Lipinski definition) is 1. The van der Waals surface area contributed by atoms with Crippen LogP contribution in [0.25, 0.3) is 0 Å². The largest absolute Gasteiger partial charge is 0.340 e. The van der Waals surface area contributed by atoms with Crippen LogP contribution < -0.4 is 9.62 Å². The number of hydrogen-bond acceptors (Lipinski definition) is 4. The van der Waals surface area contributed by atoms with E-state index in [0.29, 0.717) is 0 Å². The first kappa shape index (κ1) is 21.8. The lowest BCUT2D eigenvalue weighted by Gasteiger charge is -2.47. The summed E-state index contributed by atoms with van der Waals surface area (Å²) in [5.41, 5.74) is 4.53. The molecule has 1 aliphatic carbocycles. The minimum absolute atomic E-state index is 0.0660. The number of carbonyl (C=O) groups excluding carboxylic acids is 1. The standard InChI is InChI=1S/C22H24Br2N2O3S/c1-15(27)25-30(28,29)12-11-26-20-7-5-16(23)13-18(20)22(9-3-2-4-10-22)19-14-17(24)6-8-21(19)26/h5-8,13-14H,2-4,9-12H2,1H3,(H,25,27). The van der Waals surface area contributed by atoms with Crippen LogP contribution in [0.4, 0.5) is 11.4 Å². The molecule has 4 rings (SSSR count). The Morgan fingerprint density at radius 1 is 1.00 bits per heavy atom. The predicted molar refractivity (Wildman–Crippen MR) is 127 cm³/mol. The molecule has 30 heavy (non-hydrogen) atoms. The molecule has 1 spiro atoms. The molecule has 1 heterocycles. The number of carbonyl (C=O) groups is 1. The Labute approximate surface area is 194 Å². The van der Waals surface area contributed by atoms with Crippen molar-refractivity contribution in [1.29, 1.82) is 0 Å². The van der Waals surface area contributed by atoms with Gasteiger partial charge >= 0.3 is 0 Å². The molecule has 0 radical (unpaired) electrons. The molecule has 2 aliphatic rings. The van der Waals surface area contributed by atoms with Crippen molar-refractivity contribution in [3.05, 3.63) is 56.5 Å². The van der Waals surface area contributed by atoms with Crippen molar-refractivity contribution in [3.63, 3.8) is 0 Å². The summed E-state index contributed by atoms with van der Waals surface area (Å²) < 4.78 is 28.8. The van der Waals surface area contributed by atoms with Gasteiger partial charge in [-0.05, 0) is 60.4 Å². The van der Waals surface area contributed by atoms with Crippen molar-refractivity contribution in [2.24, 2.45) is 0 Å². The smallest absolute Gasteiger partial charge is 0.236 e. The fourth-order valence-electron chi connectivity index (χ4n) is 4.95. The minimum atomic E-state index is -3.69. The zero-order valence-corrected chi connectivity index (χ0v) is 20.7. The van der Waals surface area contributed by atoms with Gasteiger partial charge in [-0.3, -0.25) is 9.52 Å². The highest BCUT2D eigenvalue weighted by Gasteiger charge is 2.44. The van der Waals surface area contributed by atoms with E-state index in [1.54, 1.807) is 0 Å². The van der Waals surface area contributed by atoms with Crippen LogP contribution in [0.5, 0.6) is 0 Å². The van der Waals surface area contributed by atoms with Gasteiger partial charge in [-0.25, -0.2) is 8.42 Å². The number of amides is 1. The summed E-state index contributed by atoms with van der Waals surface area (Å²) in [5.74, 6) is -0.728. The second-order valence-corrected chi connectivity index (χ2v) is 11.8. The molecule has 160 valence electrons. The molecule has 5 nitrogen and oxygen atoms in total. The highest BCUT2D eigenvalue weighted by molar-refractivity contribution is 9.10. The van der Waals surface area contributed by atoms with Crippen molar-refractivity contribution in [3.8, 4) is 0 Å². The van der Waals surface area contributed by atoms with Crippen LogP contribution in [0, 0.1) is 0 Å². The number of sulfonamides is 1. The third-order valence-electron chi connectivity index (χ3n) is 6.12. The Morgan fingerprint density at radius 3 is 2.03 bits per heavy atom. The van der Waals surface area contributed by atoms with Crippen LogP contribution in [-0.2, 0) is 20.2 Å². The van der Waals surface area contributed by atoms with E-state index in [1.165, 1.54) is 37.3 Å². The molecule has 8 heteroatoms. The number of halogens is 2. The maximum absolute atomic E-state index is 12.3. The normalized spacial score (nSPS) is 17.4. The van der Waals surface area contributed by atoms with E-state index >= 15 is 0 Å². The molecule has 2 aromatic carbocycles. The van der Waals surface area contributed by atoms with E-state index in [2.05, 4.69) is 65.7 Å². The molecule has 1 saturated carbocycles. The van der Waals surface area contributed by atoms with Gasteiger partial charge in [0.15, 0.2) is 0 Å². The number of anilines is 2. The molecule has 1 amide bonds. The van der Waals surface area contributed by atoms with E-state index in [-0.39, 0.29) is 17.7 Å². The highest BCUT2D eigenvalue weighted by atomic mass is 79.9. The van der Waals surface area contributed by atoms with E-state index in [0.717, 1.165) is 33.2 Å². The average molecular weight is 556 g/mol. The number of nitrogens with one attached hydrogen (secondary N) is 1. The first-order valence-corrected chi connectivity index (χ1v) is 13.3. The van der Waals surface area contributed by atoms with Crippen LogP contribution in [0.15, 0.2) is 45.3 Å². The van der Waals surface area contributed by atoms with Gasteiger partial charge in [0.05, 0.1) is 5.75 Å². The molecule has 1 fully saturated rings. The number of benzene rings is 2. The average Bonchev–Trinajstić information content (AvgIpc) is 2.68. The van der Waals surface area contributed by atoms with Gasteiger partial charge < -0.3 is 4.90 Å². The van der Waals surface area contributed by atoms with E-state index in [9.17, 15) is 13.2 Å². The number of rotatable bonds is 4. The van der Waals surface area contributed by atoms with Crippen LogP contribution in [0.2, 0.25) is 0 Å². The lowest BCUT2D eigenvalue weighted by atomic mass is 9.63. The Balaban J connectivity index is 1.83. The first-order chi connectivity index (χ1) is 14.2. The highest BCUT2D eigenvalue weighted by Crippen LogP contribution is 2.56.